The second-order valence-electron chi connectivity index (χ2n) is 5.71. The van der Waals surface area contributed by atoms with Crippen LogP contribution in [-0.2, 0) is 14.2 Å². The van der Waals surface area contributed by atoms with Crippen LogP contribution in [0.5, 0.6) is 0 Å². The quantitative estimate of drug-likeness (QED) is 0.652. The molecular weight excluding hydrogens is 242 g/mol. The van der Waals surface area contributed by atoms with Gasteiger partial charge in [0.05, 0.1) is 31.5 Å². The van der Waals surface area contributed by atoms with Gasteiger partial charge in [-0.2, -0.15) is 0 Å². The van der Waals surface area contributed by atoms with E-state index in [0.717, 1.165) is 19.4 Å². The van der Waals surface area contributed by atoms with Crippen LogP contribution in [0.1, 0.15) is 45.4 Å². The monoisotopic (exact) mass is 271 g/mol. The number of hydrogen-bond acceptors (Lipinski definition) is 4. The Labute approximate surface area is 117 Å². The first kappa shape index (κ1) is 15.2. The first-order valence-corrected chi connectivity index (χ1v) is 7.84. The predicted molar refractivity (Wildman–Crippen MR) is 75.4 cm³/mol. The average Bonchev–Trinajstić information content (AvgIpc) is 2.91. The van der Waals surface area contributed by atoms with E-state index in [1.165, 1.54) is 25.7 Å². The lowest BCUT2D eigenvalue weighted by molar-refractivity contribution is -0.170. The zero-order valence-corrected chi connectivity index (χ0v) is 12.4. The zero-order chi connectivity index (χ0) is 13.5. The lowest BCUT2D eigenvalue weighted by Gasteiger charge is -2.45. The van der Waals surface area contributed by atoms with Crippen molar-refractivity contribution in [2.75, 3.05) is 26.9 Å². The average molecular weight is 271 g/mol. The summed E-state index contributed by atoms with van der Waals surface area (Å²) in [5.74, 6) is 0. The number of methoxy groups -OCH3 is 1. The normalized spacial score (nSPS) is 31.6. The molecule has 2 aliphatic carbocycles. The topological polar surface area (TPSA) is 39.7 Å². The van der Waals surface area contributed by atoms with E-state index in [2.05, 4.69) is 12.2 Å². The van der Waals surface area contributed by atoms with E-state index in [1.807, 2.05) is 0 Å². The molecule has 3 atom stereocenters. The van der Waals surface area contributed by atoms with Gasteiger partial charge in [-0.05, 0) is 32.2 Å². The van der Waals surface area contributed by atoms with Crippen molar-refractivity contribution in [3.8, 4) is 0 Å². The highest BCUT2D eigenvalue weighted by Gasteiger charge is 2.43. The zero-order valence-electron chi connectivity index (χ0n) is 12.4. The highest BCUT2D eigenvalue weighted by Crippen LogP contribution is 2.32. The first-order chi connectivity index (χ1) is 9.35. The molecule has 3 unspecified atom stereocenters. The summed E-state index contributed by atoms with van der Waals surface area (Å²) in [6.07, 6.45) is 8.34. The van der Waals surface area contributed by atoms with Gasteiger partial charge in [-0.3, -0.25) is 0 Å². The molecule has 2 aliphatic rings. The van der Waals surface area contributed by atoms with E-state index in [9.17, 15) is 0 Å². The van der Waals surface area contributed by atoms with Crippen LogP contribution in [-0.4, -0.2) is 51.2 Å². The third kappa shape index (κ3) is 4.42. The van der Waals surface area contributed by atoms with Gasteiger partial charge >= 0.3 is 0 Å². The number of hydrogen-bond donors (Lipinski definition) is 1. The van der Waals surface area contributed by atoms with E-state index < -0.39 is 0 Å². The molecule has 2 rings (SSSR count). The van der Waals surface area contributed by atoms with Crippen molar-refractivity contribution in [1.29, 1.82) is 0 Å². The van der Waals surface area contributed by atoms with Gasteiger partial charge in [-0.25, -0.2) is 0 Å². The van der Waals surface area contributed by atoms with Crippen molar-refractivity contribution in [3.05, 3.63) is 0 Å². The van der Waals surface area contributed by atoms with E-state index in [-0.39, 0.29) is 12.2 Å². The molecule has 0 spiro atoms. The van der Waals surface area contributed by atoms with Crippen LogP contribution in [0.2, 0.25) is 0 Å². The summed E-state index contributed by atoms with van der Waals surface area (Å²) < 4.78 is 17.2. The molecule has 19 heavy (non-hydrogen) atoms. The van der Waals surface area contributed by atoms with Crippen molar-refractivity contribution in [3.63, 3.8) is 0 Å². The summed E-state index contributed by atoms with van der Waals surface area (Å²) in [4.78, 5) is 0. The summed E-state index contributed by atoms with van der Waals surface area (Å²) in [6, 6.07) is 0.461. The minimum absolute atomic E-state index is 0.210. The molecule has 4 heteroatoms. The predicted octanol–water partition coefficient (Wildman–Crippen LogP) is 2.12. The smallest absolute Gasteiger partial charge is 0.0991 e. The fraction of sp³-hybridized carbons (Fsp3) is 1.00. The molecule has 0 aromatic carbocycles. The van der Waals surface area contributed by atoms with E-state index in [4.69, 9.17) is 14.2 Å². The van der Waals surface area contributed by atoms with Crippen molar-refractivity contribution >= 4 is 0 Å². The Bertz CT molecular complexity index is 244. The molecule has 4 nitrogen and oxygen atoms in total. The van der Waals surface area contributed by atoms with Gasteiger partial charge in [0.15, 0.2) is 0 Å². The van der Waals surface area contributed by atoms with Gasteiger partial charge < -0.3 is 19.5 Å². The molecule has 0 amide bonds. The molecule has 112 valence electrons. The second-order valence-corrected chi connectivity index (χ2v) is 5.71. The minimum atomic E-state index is 0.210. The van der Waals surface area contributed by atoms with Crippen LogP contribution in [0.25, 0.3) is 0 Å². The Hall–Kier alpha value is -0.160. The van der Waals surface area contributed by atoms with Gasteiger partial charge in [-0.15, -0.1) is 0 Å². The Kier molecular flexibility index (Phi) is 6.57. The van der Waals surface area contributed by atoms with Crippen LogP contribution in [0.3, 0.4) is 0 Å². The van der Waals surface area contributed by atoms with Gasteiger partial charge in [-0.1, -0.05) is 19.8 Å². The van der Waals surface area contributed by atoms with Crippen molar-refractivity contribution < 1.29 is 14.2 Å². The molecule has 0 aliphatic heterocycles. The summed E-state index contributed by atoms with van der Waals surface area (Å²) in [5.41, 5.74) is 0. The SMILES string of the molecule is CCCNC1CC(OC2CCCC2)C1OCCOC. The number of rotatable bonds is 9. The molecule has 0 aromatic heterocycles. The standard InChI is InChI=1S/C15H29NO3/c1-3-8-16-13-11-14(15(13)18-10-9-17-2)19-12-6-4-5-7-12/h12-16H,3-11H2,1-2H3. The fourth-order valence-electron chi connectivity index (χ4n) is 3.01. The Morgan fingerprint density at radius 2 is 1.95 bits per heavy atom. The van der Waals surface area contributed by atoms with Crippen molar-refractivity contribution in [2.24, 2.45) is 0 Å². The number of ether oxygens (including phenoxy) is 3. The molecule has 1 N–H and O–H groups in total. The molecule has 0 bridgehead atoms. The Balaban J connectivity index is 1.73. The minimum Gasteiger partial charge on any atom is -0.382 e. The third-order valence-electron chi connectivity index (χ3n) is 4.17. The summed E-state index contributed by atoms with van der Waals surface area (Å²) >= 11 is 0. The van der Waals surface area contributed by atoms with Crippen LogP contribution >= 0.6 is 0 Å². The Morgan fingerprint density at radius 1 is 1.16 bits per heavy atom. The van der Waals surface area contributed by atoms with Crippen LogP contribution in [0.15, 0.2) is 0 Å². The van der Waals surface area contributed by atoms with Crippen molar-refractivity contribution in [1.82, 2.24) is 5.32 Å². The highest BCUT2D eigenvalue weighted by atomic mass is 16.6. The van der Waals surface area contributed by atoms with Crippen LogP contribution < -0.4 is 5.32 Å². The largest absolute Gasteiger partial charge is 0.382 e. The maximum atomic E-state index is 6.19. The summed E-state index contributed by atoms with van der Waals surface area (Å²) in [5, 5.41) is 3.55. The molecule has 0 saturated heterocycles. The Morgan fingerprint density at radius 3 is 2.63 bits per heavy atom. The highest BCUT2D eigenvalue weighted by molar-refractivity contribution is 4.98. The summed E-state index contributed by atoms with van der Waals surface area (Å²) in [6.45, 7) is 4.58. The lowest BCUT2D eigenvalue weighted by atomic mass is 9.84. The second kappa shape index (κ2) is 8.20. The van der Waals surface area contributed by atoms with Crippen LogP contribution in [0.4, 0.5) is 0 Å². The van der Waals surface area contributed by atoms with Crippen molar-refractivity contribution in [2.45, 2.75) is 69.8 Å². The maximum absolute atomic E-state index is 6.19. The van der Waals surface area contributed by atoms with Gasteiger partial charge in [0.25, 0.3) is 0 Å². The molecular formula is C15H29NO3. The van der Waals surface area contributed by atoms with E-state index in [1.54, 1.807) is 7.11 Å². The van der Waals surface area contributed by atoms with Crippen LogP contribution in [0, 0.1) is 0 Å². The van der Waals surface area contributed by atoms with Gasteiger partial charge in [0.2, 0.25) is 0 Å². The van der Waals surface area contributed by atoms with E-state index >= 15 is 0 Å². The van der Waals surface area contributed by atoms with Gasteiger partial charge in [0.1, 0.15) is 0 Å². The molecule has 2 saturated carbocycles. The maximum Gasteiger partial charge on any atom is 0.0991 e. The molecule has 2 fully saturated rings. The molecule has 0 aromatic rings. The summed E-state index contributed by atoms with van der Waals surface area (Å²) in [7, 11) is 1.71. The van der Waals surface area contributed by atoms with Gasteiger partial charge in [0, 0.05) is 13.2 Å². The lowest BCUT2D eigenvalue weighted by Crippen LogP contribution is -2.61. The van der Waals surface area contributed by atoms with E-state index in [0.29, 0.717) is 25.4 Å². The molecule has 0 heterocycles. The molecule has 0 radical (unpaired) electrons. The third-order valence-corrected chi connectivity index (χ3v) is 4.17. The fourth-order valence-corrected chi connectivity index (χ4v) is 3.01. The number of nitrogens with one attached hydrogen (secondary N) is 1. The first-order valence-electron chi connectivity index (χ1n) is 7.84.